The molecule has 0 amide bonds. The number of nitrogens with zero attached hydrogens (tertiary/aromatic N) is 1. The van der Waals surface area contributed by atoms with E-state index in [4.69, 9.17) is 5.26 Å². The largest absolute Gasteiger partial charge is 0.318 e. The van der Waals surface area contributed by atoms with Crippen LogP contribution in [0.3, 0.4) is 0 Å². The van der Waals surface area contributed by atoms with Crippen molar-refractivity contribution in [3.63, 3.8) is 0 Å². The number of nitriles is 1. The second-order valence-electron chi connectivity index (χ2n) is 6.63. The summed E-state index contributed by atoms with van der Waals surface area (Å²) in [5.74, 6) is 2.01. The highest BCUT2D eigenvalue weighted by Crippen LogP contribution is 2.77. The van der Waals surface area contributed by atoms with Crippen LogP contribution in [0.1, 0.15) is 54.5 Å². The third-order valence-electron chi connectivity index (χ3n) is 5.05. The van der Waals surface area contributed by atoms with Crippen molar-refractivity contribution >= 4 is 7.14 Å². The summed E-state index contributed by atoms with van der Waals surface area (Å²) in [6.07, 6.45) is 6.18. The first kappa shape index (κ1) is 17.7. The first-order valence-electron chi connectivity index (χ1n) is 8.99. The van der Waals surface area contributed by atoms with E-state index in [-0.39, 0.29) is 11.3 Å². The summed E-state index contributed by atoms with van der Waals surface area (Å²) in [4.78, 5) is 0. The SMILES string of the molecule is N#CCCC/C=C/P1(=O)[C@@H](c2ccccc2)CC[C@@H]1c1ccccc1. The predicted octanol–water partition coefficient (Wildman–Crippen LogP) is 6.83. The van der Waals surface area contributed by atoms with E-state index in [2.05, 4.69) is 36.4 Å². The van der Waals surface area contributed by atoms with E-state index in [1.807, 2.05) is 42.2 Å². The molecule has 0 unspecified atom stereocenters. The molecule has 0 spiro atoms. The Kier molecular flexibility index (Phi) is 5.90. The van der Waals surface area contributed by atoms with Gasteiger partial charge >= 0.3 is 0 Å². The van der Waals surface area contributed by atoms with Gasteiger partial charge in [-0.25, -0.2) is 0 Å². The first-order valence-corrected chi connectivity index (χ1v) is 10.9. The maximum atomic E-state index is 14.2. The number of allylic oxidation sites excluding steroid dienone is 1. The molecule has 25 heavy (non-hydrogen) atoms. The standard InChI is InChI=1S/C22H24NOP/c23-17-9-1-2-10-18-25(24)21(19-11-5-3-6-12-19)15-16-22(25)20-13-7-4-8-14-20/h3-8,10-14,18,21-22H,1-2,9,15-16H2/b18-10+/t21-,22-/m1/s1. The van der Waals surface area contributed by atoms with Crippen molar-refractivity contribution in [2.24, 2.45) is 0 Å². The zero-order valence-corrected chi connectivity index (χ0v) is 15.3. The van der Waals surface area contributed by atoms with Gasteiger partial charge in [0, 0.05) is 17.7 Å². The van der Waals surface area contributed by atoms with Crippen LogP contribution < -0.4 is 0 Å². The monoisotopic (exact) mass is 349 g/mol. The van der Waals surface area contributed by atoms with E-state index in [0.29, 0.717) is 6.42 Å². The molecule has 0 N–H and O–H groups in total. The summed E-state index contributed by atoms with van der Waals surface area (Å²) >= 11 is 0. The topological polar surface area (TPSA) is 40.9 Å². The highest BCUT2D eigenvalue weighted by atomic mass is 31.2. The highest BCUT2D eigenvalue weighted by Gasteiger charge is 2.45. The van der Waals surface area contributed by atoms with Crippen molar-refractivity contribution in [3.8, 4) is 6.07 Å². The van der Waals surface area contributed by atoms with Crippen LogP contribution in [0.15, 0.2) is 72.6 Å². The second-order valence-corrected chi connectivity index (χ2v) is 9.70. The lowest BCUT2D eigenvalue weighted by Crippen LogP contribution is -1.97. The van der Waals surface area contributed by atoms with Crippen LogP contribution in [-0.4, -0.2) is 0 Å². The van der Waals surface area contributed by atoms with Crippen molar-refractivity contribution in [3.05, 3.63) is 83.7 Å². The first-order chi connectivity index (χ1) is 12.3. The van der Waals surface area contributed by atoms with Gasteiger partial charge in [0.05, 0.1) is 6.07 Å². The Morgan fingerprint density at radius 2 is 1.48 bits per heavy atom. The molecule has 2 aromatic carbocycles. The molecule has 3 heteroatoms. The third kappa shape index (κ3) is 3.94. The quantitative estimate of drug-likeness (QED) is 0.423. The molecule has 0 radical (unpaired) electrons. The van der Waals surface area contributed by atoms with Gasteiger partial charge in [0.2, 0.25) is 0 Å². The van der Waals surface area contributed by atoms with Gasteiger partial charge in [0.1, 0.15) is 7.14 Å². The predicted molar refractivity (Wildman–Crippen MR) is 104 cm³/mol. The molecule has 0 aromatic heterocycles. The molecule has 2 atom stereocenters. The second kappa shape index (κ2) is 8.32. The summed E-state index contributed by atoms with van der Waals surface area (Å²) in [6.45, 7) is 0. The summed E-state index contributed by atoms with van der Waals surface area (Å²) in [5.41, 5.74) is 2.58. The fraction of sp³-hybridized carbons (Fsp3) is 0.318. The Bertz CT molecular complexity index is 740. The number of rotatable bonds is 6. The molecule has 1 heterocycles. The Morgan fingerprint density at radius 1 is 0.960 bits per heavy atom. The van der Waals surface area contributed by atoms with Gasteiger partial charge in [-0.05, 0) is 42.6 Å². The highest BCUT2D eigenvalue weighted by molar-refractivity contribution is 7.68. The minimum Gasteiger partial charge on any atom is -0.318 e. The average molecular weight is 349 g/mol. The zero-order valence-electron chi connectivity index (χ0n) is 14.4. The smallest absolute Gasteiger partial charge is 0.122 e. The zero-order chi connectivity index (χ0) is 17.5. The molecule has 3 rings (SSSR count). The maximum absolute atomic E-state index is 14.2. The Balaban J connectivity index is 1.91. The van der Waals surface area contributed by atoms with Gasteiger partial charge in [-0.2, -0.15) is 5.26 Å². The van der Waals surface area contributed by atoms with Gasteiger partial charge in [0.15, 0.2) is 0 Å². The van der Waals surface area contributed by atoms with E-state index in [0.717, 1.165) is 25.7 Å². The minimum absolute atomic E-state index is 0.103. The molecule has 2 nitrogen and oxygen atoms in total. The molecule has 1 aliphatic rings. The number of benzene rings is 2. The van der Waals surface area contributed by atoms with Gasteiger partial charge in [-0.3, -0.25) is 0 Å². The molecule has 0 bridgehead atoms. The van der Waals surface area contributed by atoms with E-state index in [1.165, 1.54) is 11.1 Å². The van der Waals surface area contributed by atoms with Gasteiger partial charge < -0.3 is 4.57 Å². The van der Waals surface area contributed by atoms with Crippen LogP contribution in [0.5, 0.6) is 0 Å². The number of hydrogen-bond donors (Lipinski definition) is 0. The summed E-state index contributed by atoms with van der Waals surface area (Å²) in [5, 5.41) is 8.68. The van der Waals surface area contributed by atoms with E-state index in [1.54, 1.807) is 0 Å². The van der Waals surface area contributed by atoms with E-state index >= 15 is 0 Å². The van der Waals surface area contributed by atoms with E-state index < -0.39 is 7.14 Å². The van der Waals surface area contributed by atoms with Gasteiger partial charge in [-0.1, -0.05) is 66.7 Å². The van der Waals surface area contributed by atoms with E-state index in [9.17, 15) is 4.57 Å². The molecule has 1 fully saturated rings. The van der Waals surface area contributed by atoms with Gasteiger partial charge in [-0.15, -0.1) is 0 Å². The van der Waals surface area contributed by atoms with Crippen LogP contribution in [0.4, 0.5) is 0 Å². The molecule has 128 valence electrons. The maximum Gasteiger partial charge on any atom is 0.122 e. The van der Waals surface area contributed by atoms with Crippen LogP contribution in [-0.2, 0) is 4.57 Å². The Labute approximate surface area is 150 Å². The number of unbranched alkanes of at least 4 members (excludes halogenated alkanes) is 2. The molecular formula is C22H24NOP. The van der Waals surface area contributed by atoms with Crippen molar-refractivity contribution in [2.75, 3.05) is 0 Å². The molecule has 0 aliphatic carbocycles. The Morgan fingerprint density at radius 3 is 1.96 bits per heavy atom. The molecule has 1 saturated heterocycles. The molecule has 0 saturated carbocycles. The minimum atomic E-state index is -2.55. The van der Waals surface area contributed by atoms with Crippen molar-refractivity contribution in [1.82, 2.24) is 0 Å². The lowest BCUT2D eigenvalue weighted by atomic mass is 10.0. The fourth-order valence-corrected chi connectivity index (χ4v) is 7.54. The van der Waals surface area contributed by atoms with Crippen LogP contribution in [0.2, 0.25) is 0 Å². The fourth-order valence-electron chi connectivity index (χ4n) is 3.83. The van der Waals surface area contributed by atoms with Crippen LogP contribution in [0.25, 0.3) is 0 Å². The van der Waals surface area contributed by atoms with Crippen LogP contribution in [0, 0.1) is 11.3 Å². The molecule has 1 aliphatic heterocycles. The van der Waals surface area contributed by atoms with Crippen LogP contribution >= 0.6 is 7.14 Å². The lowest BCUT2D eigenvalue weighted by Gasteiger charge is -2.24. The van der Waals surface area contributed by atoms with Crippen molar-refractivity contribution in [2.45, 2.75) is 43.4 Å². The Hall–Kier alpha value is -2.10. The van der Waals surface area contributed by atoms with Crippen molar-refractivity contribution < 1.29 is 4.57 Å². The molecular weight excluding hydrogens is 325 g/mol. The normalized spacial score (nSPS) is 22.0. The number of hydrogen-bond acceptors (Lipinski definition) is 2. The summed E-state index contributed by atoms with van der Waals surface area (Å²) < 4.78 is 14.2. The van der Waals surface area contributed by atoms with Crippen molar-refractivity contribution in [1.29, 1.82) is 5.26 Å². The lowest BCUT2D eigenvalue weighted by molar-refractivity contribution is 0.573. The summed E-state index contributed by atoms with van der Waals surface area (Å²) in [7, 11) is -2.55. The van der Waals surface area contributed by atoms with Gasteiger partial charge in [0.25, 0.3) is 0 Å². The summed E-state index contributed by atoms with van der Waals surface area (Å²) in [6, 6.07) is 22.7. The third-order valence-corrected chi connectivity index (χ3v) is 8.79. The average Bonchev–Trinajstić information content (AvgIpc) is 3.00. The molecule has 2 aromatic rings.